The van der Waals surface area contributed by atoms with E-state index >= 15 is 0 Å². The molecule has 0 aliphatic carbocycles. The van der Waals surface area contributed by atoms with Crippen molar-refractivity contribution < 1.29 is 29.6 Å². The zero-order valence-electron chi connectivity index (χ0n) is 12.2. The fourth-order valence-electron chi connectivity index (χ4n) is 1.89. The molecule has 1 nitrogen and oxygen atoms in total. The third-order valence-corrected chi connectivity index (χ3v) is 7.58. The molecule has 2 aromatic carbocycles. The van der Waals surface area contributed by atoms with E-state index in [9.17, 15) is 5.26 Å². The molecule has 132 valence electrons. The summed E-state index contributed by atoms with van der Waals surface area (Å²) in [5, 5.41) is 8.67. The Morgan fingerprint density at radius 3 is 0.846 bits per heavy atom. The van der Waals surface area contributed by atoms with Crippen LogP contribution in [0.1, 0.15) is 11.1 Å². The maximum atomic E-state index is 9.67. The molecule has 0 saturated heterocycles. The zero-order valence-corrected chi connectivity index (χ0v) is 21.8. The molecule has 12 heteroatoms. The molecule has 2 aromatic rings. The van der Waals surface area contributed by atoms with E-state index in [4.69, 9.17) is 116 Å². The number of benzene rings is 2. The summed E-state index contributed by atoms with van der Waals surface area (Å²) in [6, 6.07) is 1.90. The van der Waals surface area contributed by atoms with Crippen LogP contribution in [-0.4, -0.2) is 0 Å². The van der Waals surface area contributed by atoms with Gasteiger partial charge in [-0.2, -0.15) is 0 Å². The molecule has 0 bridgehead atoms. The van der Waals surface area contributed by atoms with Gasteiger partial charge in [0.15, 0.2) is 0 Å². The van der Waals surface area contributed by atoms with Crippen LogP contribution < -0.4 is 29.6 Å². The molecule has 0 aliphatic rings. The van der Waals surface area contributed by atoms with E-state index in [1.54, 1.807) is 0 Å². The van der Waals surface area contributed by atoms with Gasteiger partial charge < -0.3 is 0 Å². The minimum absolute atomic E-state index is 0. The van der Waals surface area contributed by atoms with Crippen LogP contribution in [0.25, 0.3) is 0 Å². The van der Waals surface area contributed by atoms with E-state index in [-0.39, 0.29) is 96.8 Å². The van der Waals surface area contributed by atoms with Crippen molar-refractivity contribution >= 4 is 116 Å². The summed E-state index contributed by atoms with van der Waals surface area (Å²) < 4.78 is 0. The first-order valence-corrected chi connectivity index (χ1v) is 9.64. The van der Waals surface area contributed by atoms with Gasteiger partial charge in [0.05, 0.1) is 16.1 Å². The van der Waals surface area contributed by atoms with E-state index in [0.717, 1.165) is 0 Å². The van der Waals surface area contributed by atoms with Crippen LogP contribution in [0.4, 0.5) is 0 Å². The number of nitriles is 1. The molecule has 0 spiro atoms. The van der Waals surface area contributed by atoms with Gasteiger partial charge in [-0.3, -0.25) is 0 Å². The van der Waals surface area contributed by atoms with E-state index in [0.29, 0.717) is 0 Å². The predicted octanol–water partition coefficient (Wildman–Crippen LogP) is 6.72. The van der Waals surface area contributed by atoms with Crippen molar-refractivity contribution in [3.63, 3.8) is 0 Å². The third kappa shape index (κ3) is 4.40. The number of nitrogens with zero attached hydrogens (tertiary/aromatic N) is 1. The van der Waals surface area contributed by atoms with Crippen LogP contribution >= 0.6 is 116 Å². The Hall–Kier alpha value is 1.70. The third-order valence-electron chi connectivity index (χ3n) is 3.03. The number of hydrogen-bond acceptors (Lipinski definition) is 1. The van der Waals surface area contributed by atoms with Crippen molar-refractivity contribution in [1.29, 1.82) is 5.26 Å². The van der Waals surface area contributed by atoms with Gasteiger partial charge in [0, 0.05) is 40.2 Å². The summed E-state index contributed by atoms with van der Waals surface area (Å²) in [7, 11) is 0. The first-order chi connectivity index (χ1) is 11.6. The van der Waals surface area contributed by atoms with Crippen molar-refractivity contribution in [2.24, 2.45) is 0 Å². The van der Waals surface area contributed by atoms with Crippen LogP contribution in [0.15, 0.2) is 0 Å². The normalized spacial score (nSPS) is 10.3. The summed E-state index contributed by atoms with van der Waals surface area (Å²) in [6.07, 6.45) is 0. The Labute approximate surface area is 221 Å². The summed E-state index contributed by atoms with van der Waals surface area (Å²) in [5.41, 5.74) is -0.0491. The average Bonchev–Trinajstić information content (AvgIpc) is 2.60. The first kappa shape index (κ1) is 25.7. The second-order valence-corrected chi connectivity index (χ2v) is 8.16. The Morgan fingerprint density at radius 1 is 0.462 bits per heavy atom. The first-order valence-electron chi connectivity index (χ1n) is 5.86. The molecule has 0 radical (unpaired) electrons. The quantitative estimate of drug-likeness (QED) is 0.174. The molecule has 0 saturated carbocycles. The smallest absolute Gasteiger partial charge is 0.202 e. The molecule has 26 heavy (non-hydrogen) atoms. The molecular weight excluding hydrogens is 560 g/mol. The van der Waals surface area contributed by atoms with Crippen molar-refractivity contribution in [2.45, 2.75) is 0 Å². The summed E-state index contributed by atoms with van der Waals surface area (Å²) in [5.74, 6) is -0.161. The SMILES string of the molecule is N#C[C-](c1c(Cl)c(Cl)c(Cl)c(Cl)c1Cl)c1c(Cl)c(Cl)c(Cl)c(Cl)c1Cl.[Na+]. The van der Waals surface area contributed by atoms with Crippen molar-refractivity contribution in [3.05, 3.63) is 67.3 Å². The fraction of sp³-hybridized carbons (Fsp3) is 0. The Balaban J connectivity index is 0.00000338. The zero-order chi connectivity index (χ0) is 19.2. The maximum absolute atomic E-state index is 9.67. The maximum Gasteiger partial charge on any atom is 1.00 e. The molecule has 0 atom stereocenters. The summed E-state index contributed by atoms with van der Waals surface area (Å²) in [6.45, 7) is 0. The Morgan fingerprint density at radius 2 is 0.654 bits per heavy atom. The average molecular weight is 560 g/mol. The van der Waals surface area contributed by atoms with Gasteiger partial charge in [0.25, 0.3) is 0 Å². The van der Waals surface area contributed by atoms with Crippen LogP contribution in [0.3, 0.4) is 0 Å². The summed E-state index contributed by atoms with van der Waals surface area (Å²) in [4.78, 5) is 0. The number of halogens is 10. The largest absolute Gasteiger partial charge is 1.00 e. The van der Waals surface area contributed by atoms with Crippen molar-refractivity contribution in [2.75, 3.05) is 0 Å². The molecule has 0 fully saturated rings. The van der Waals surface area contributed by atoms with E-state index in [2.05, 4.69) is 0 Å². The van der Waals surface area contributed by atoms with Gasteiger partial charge in [-0.15, -0.1) is 46.4 Å². The Bertz CT molecular complexity index is 809. The molecule has 0 aliphatic heterocycles. The predicted molar refractivity (Wildman–Crippen MR) is 110 cm³/mol. The topological polar surface area (TPSA) is 23.8 Å². The van der Waals surface area contributed by atoms with Crippen LogP contribution in [0.2, 0.25) is 50.2 Å². The molecule has 2 rings (SSSR count). The van der Waals surface area contributed by atoms with Gasteiger partial charge in [-0.1, -0.05) is 80.7 Å². The second-order valence-electron chi connectivity index (χ2n) is 4.38. The van der Waals surface area contributed by atoms with E-state index in [1.807, 2.05) is 6.07 Å². The molecule has 0 unspecified atom stereocenters. The van der Waals surface area contributed by atoms with Gasteiger partial charge >= 0.3 is 29.6 Å². The van der Waals surface area contributed by atoms with Gasteiger partial charge in [0.1, 0.15) is 0 Å². The van der Waals surface area contributed by atoms with Crippen molar-refractivity contribution in [1.82, 2.24) is 0 Å². The van der Waals surface area contributed by atoms with Crippen LogP contribution in [-0.2, 0) is 0 Å². The van der Waals surface area contributed by atoms with E-state index in [1.165, 1.54) is 0 Å². The molecular formula is C14Cl10NNa. The van der Waals surface area contributed by atoms with Gasteiger partial charge in [-0.05, 0) is 5.92 Å². The minimum Gasteiger partial charge on any atom is -0.202 e. The van der Waals surface area contributed by atoms with Crippen molar-refractivity contribution in [3.8, 4) is 6.07 Å². The van der Waals surface area contributed by atoms with Crippen LogP contribution in [0, 0.1) is 17.2 Å². The monoisotopic (exact) mass is 555 g/mol. The number of hydrogen-bond donors (Lipinski definition) is 0. The summed E-state index contributed by atoms with van der Waals surface area (Å²) >= 11 is 60.9. The second kappa shape index (κ2) is 10.1. The molecule has 0 heterocycles. The van der Waals surface area contributed by atoms with E-state index < -0.39 is 0 Å². The minimum atomic E-state index is -0.161. The standard InChI is InChI=1S/C14Cl10N.Na/c15-5-3(6(16)10(20)13(23)9(5)19)2(1-25)4-7(17)11(21)14(24)12(22)8(4)18;/q-1;+1. The molecule has 0 amide bonds. The number of rotatable bonds is 2. The van der Waals surface area contributed by atoms with Gasteiger partial charge in [0.2, 0.25) is 0 Å². The fourth-order valence-corrected chi connectivity index (χ4v) is 4.54. The van der Waals surface area contributed by atoms with Gasteiger partial charge in [-0.25, -0.2) is 5.26 Å². The van der Waals surface area contributed by atoms with Crippen LogP contribution in [0.5, 0.6) is 0 Å². The molecule has 0 aromatic heterocycles. The molecule has 0 N–H and O–H groups in total. The Kier molecular flexibility index (Phi) is 10.0.